The zero-order chi connectivity index (χ0) is 17.4. The number of piperazine rings is 1. The normalized spacial score (nSPS) is 15.8. The Morgan fingerprint density at radius 2 is 1.92 bits per heavy atom. The number of nitrogens with zero attached hydrogens (tertiary/aromatic N) is 6. The van der Waals surface area contributed by atoms with E-state index in [4.69, 9.17) is 0 Å². The van der Waals surface area contributed by atoms with Crippen molar-refractivity contribution in [1.82, 2.24) is 24.1 Å². The summed E-state index contributed by atoms with van der Waals surface area (Å²) < 4.78 is 3.44. The molecule has 4 rings (SSSR count). The van der Waals surface area contributed by atoms with Crippen molar-refractivity contribution in [1.29, 1.82) is 0 Å². The summed E-state index contributed by atoms with van der Waals surface area (Å²) in [5.74, 6) is 0.984. The molecule has 0 saturated carbocycles. The van der Waals surface area contributed by atoms with Crippen molar-refractivity contribution >= 4 is 11.5 Å². The summed E-state index contributed by atoms with van der Waals surface area (Å²) in [6.45, 7) is 6.56. The van der Waals surface area contributed by atoms with Gasteiger partial charge in [0.25, 0.3) is 5.56 Å². The number of aryl methyl sites for hydroxylation is 2. The Balaban J connectivity index is 1.41. The molecular weight excluding hydrogens is 316 g/mol. The van der Waals surface area contributed by atoms with Gasteiger partial charge >= 0.3 is 0 Å². The van der Waals surface area contributed by atoms with Crippen LogP contribution in [0.3, 0.4) is 0 Å². The van der Waals surface area contributed by atoms with Crippen LogP contribution in [0.15, 0.2) is 41.5 Å². The largest absolute Gasteiger partial charge is 0.353 e. The number of hydrogen-bond acceptors (Lipinski definition) is 5. The quantitative estimate of drug-likeness (QED) is 0.715. The maximum Gasteiger partial charge on any atom is 0.250 e. The van der Waals surface area contributed by atoms with Crippen LogP contribution in [0.2, 0.25) is 0 Å². The fraction of sp³-hybridized carbons (Fsp3) is 0.389. The third kappa shape index (κ3) is 3.28. The zero-order valence-corrected chi connectivity index (χ0v) is 14.6. The zero-order valence-electron chi connectivity index (χ0n) is 14.6. The van der Waals surface area contributed by atoms with Gasteiger partial charge in [0.15, 0.2) is 5.65 Å². The monoisotopic (exact) mass is 338 g/mol. The Kier molecular flexibility index (Phi) is 4.01. The van der Waals surface area contributed by atoms with E-state index < -0.39 is 0 Å². The van der Waals surface area contributed by atoms with Gasteiger partial charge in [-0.25, -0.2) is 9.50 Å². The Bertz CT molecular complexity index is 952. The highest BCUT2D eigenvalue weighted by molar-refractivity contribution is 5.46. The second-order valence-corrected chi connectivity index (χ2v) is 6.62. The van der Waals surface area contributed by atoms with Gasteiger partial charge in [0, 0.05) is 52.0 Å². The van der Waals surface area contributed by atoms with Gasteiger partial charge in [-0.2, -0.15) is 0 Å². The predicted molar refractivity (Wildman–Crippen MR) is 96.9 cm³/mol. The van der Waals surface area contributed by atoms with Crippen molar-refractivity contribution in [3.63, 3.8) is 0 Å². The molecule has 1 aliphatic rings. The van der Waals surface area contributed by atoms with E-state index in [1.807, 2.05) is 42.0 Å². The summed E-state index contributed by atoms with van der Waals surface area (Å²) in [7, 11) is 1.77. The molecule has 130 valence electrons. The molecule has 0 aliphatic carbocycles. The molecule has 0 N–H and O–H groups in total. The standard InChI is InChI=1S/C18H22N6O/c1-14-12-24-16(19-14)3-4-17(20-24)23-9-7-22(8-10-23)13-15-5-6-21(2)18(25)11-15/h3-6,11-12H,7-10,13H2,1-2H3. The minimum atomic E-state index is 0.0456. The summed E-state index contributed by atoms with van der Waals surface area (Å²) in [5.41, 5.74) is 2.98. The molecule has 0 spiro atoms. The molecule has 0 unspecified atom stereocenters. The second kappa shape index (κ2) is 6.33. The van der Waals surface area contributed by atoms with Gasteiger partial charge in [0.05, 0.1) is 11.9 Å². The Morgan fingerprint density at radius 3 is 2.68 bits per heavy atom. The highest BCUT2D eigenvalue weighted by atomic mass is 16.1. The number of imidazole rings is 1. The van der Waals surface area contributed by atoms with Gasteiger partial charge in [0.1, 0.15) is 5.82 Å². The molecule has 1 aliphatic heterocycles. The summed E-state index contributed by atoms with van der Waals surface area (Å²) in [6.07, 6.45) is 3.78. The molecule has 3 aromatic heterocycles. The van der Waals surface area contributed by atoms with Crippen molar-refractivity contribution in [2.45, 2.75) is 13.5 Å². The van der Waals surface area contributed by atoms with Crippen LogP contribution in [-0.4, -0.2) is 50.2 Å². The second-order valence-electron chi connectivity index (χ2n) is 6.62. The van der Waals surface area contributed by atoms with Crippen molar-refractivity contribution in [3.8, 4) is 0 Å². The highest BCUT2D eigenvalue weighted by Gasteiger charge is 2.19. The van der Waals surface area contributed by atoms with E-state index in [-0.39, 0.29) is 5.56 Å². The van der Waals surface area contributed by atoms with Crippen LogP contribution in [0.25, 0.3) is 5.65 Å². The molecule has 7 nitrogen and oxygen atoms in total. The minimum Gasteiger partial charge on any atom is -0.353 e. The summed E-state index contributed by atoms with van der Waals surface area (Å²) in [5, 5.41) is 4.67. The maximum atomic E-state index is 11.7. The minimum absolute atomic E-state index is 0.0456. The van der Waals surface area contributed by atoms with Crippen molar-refractivity contribution in [3.05, 3.63) is 58.3 Å². The first kappa shape index (κ1) is 15.8. The third-order valence-electron chi connectivity index (χ3n) is 4.70. The van der Waals surface area contributed by atoms with Crippen LogP contribution >= 0.6 is 0 Å². The van der Waals surface area contributed by atoms with Gasteiger partial charge < -0.3 is 9.47 Å². The Morgan fingerprint density at radius 1 is 1.12 bits per heavy atom. The molecule has 7 heteroatoms. The van der Waals surface area contributed by atoms with Crippen LogP contribution in [0, 0.1) is 6.92 Å². The lowest BCUT2D eigenvalue weighted by molar-refractivity contribution is 0.249. The fourth-order valence-corrected chi connectivity index (χ4v) is 3.24. The summed E-state index contributed by atoms with van der Waals surface area (Å²) >= 11 is 0. The Labute approximate surface area is 146 Å². The molecule has 4 heterocycles. The highest BCUT2D eigenvalue weighted by Crippen LogP contribution is 2.16. The van der Waals surface area contributed by atoms with Crippen molar-refractivity contribution < 1.29 is 0 Å². The lowest BCUT2D eigenvalue weighted by Crippen LogP contribution is -2.46. The molecule has 0 atom stereocenters. The average Bonchev–Trinajstić information content (AvgIpc) is 2.98. The molecule has 25 heavy (non-hydrogen) atoms. The molecular formula is C18H22N6O. The molecule has 3 aromatic rings. The number of aromatic nitrogens is 4. The molecule has 1 fully saturated rings. The van der Waals surface area contributed by atoms with Gasteiger partial charge in [0.2, 0.25) is 0 Å². The third-order valence-corrected chi connectivity index (χ3v) is 4.70. The van der Waals surface area contributed by atoms with Crippen LogP contribution in [0.1, 0.15) is 11.3 Å². The van der Waals surface area contributed by atoms with Crippen LogP contribution in [-0.2, 0) is 13.6 Å². The van der Waals surface area contributed by atoms with Crippen molar-refractivity contribution in [2.24, 2.45) is 7.05 Å². The predicted octanol–water partition coefficient (Wildman–Crippen LogP) is 1.06. The smallest absolute Gasteiger partial charge is 0.250 e. The van der Waals surface area contributed by atoms with E-state index in [9.17, 15) is 4.79 Å². The molecule has 0 bridgehead atoms. The molecule has 0 amide bonds. The first-order valence-corrected chi connectivity index (χ1v) is 8.54. The van der Waals surface area contributed by atoms with Crippen LogP contribution < -0.4 is 10.5 Å². The molecule has 0 aromatic carbocycles. The molecule has 1 saturated heterocycles. The van der Waals surface area contributed by atoms with E-state index in [2.05, 4.69) is 19.9 Å². The van der Waals surface area contributed by atoms with Gasteiger partial charge in [-0.05, 0) is 30.7 Å². The van der Waals surface area contributed by atoms with Gasteiger partial charge in [-0.15, -0.1) is 5.10 Å². The number of anilines is 1. The first-order chi connectivity index (χ1) is 12.1. The summed E-state index contributed by atoms with van der Waals surface area (Å²) in [6, 6.07) is 7.80. The van der Waals surface area contributed by atoms with E-state index in [0.29, 0.717) is 0 Å². The number of pyridine rings is 1. The number of rotatable bonds is 3. The van der Waals surface area contributed by atoms with E-state index in [1.54, 1.807) is 17.7 Å². The average molecular weight is 338 g/mol. The SMILES string of the molecule is Cc1cn2nc(N3CCN(Cc4ccn(C)c(=O)c4)CC3)ccc2n1. The number of hydrogen-bond donors (Lipinski definition) is 0. The van der Waals surface area contributed by atoms with Gasteiger partial charge in [-0.3, -0.25) is 9.69 Å². The topological polar surface area (TPSA) is 58.7 Å². The van der Waals surface area contributed by atoms with Crippen LogP contribution in [0.4, 0.5) is 5.82 Å². The Hall–Kier alpha value is -2.67. The maximum absolute atomic E-state index is 11.7. The van der Waals surface area contributed by atoms with E-state index in [0.717, 1.165) is 55.4 Å². The molecule has 0 radical (unpaired) electrons. The van der Waals surface area contributed by atoms with Crippen molar-refractivity contribution in [2.75, 3.05) is 31.1 Å². The first-order valence-electron chi connectivity index (χ1n) is 8.54. The number of fused-ring (bicyclic) bond motifs is 1. The van der Waals surface area contributed by atoms with E-state index >= 15 is 0 Å². The lowest BCUT2D eigenvalue weighted by atomic mass is 10.2. The fourth-order valence-electron chi connectivity index (χ4n) is 3.24. The van der Waals surface area contributed by atoms with Crippen LogP contribution in [0.5, 0.6) is 0 Å². The van der Waals surface area contributed by atoms with E-state index in [1.165, 1.54) is 0 Å². The lowest BCUT2D eigenvalue weighted by Gasteiger charge is -2.35. The van der Waals surface area contributed by atoms with Gasteiger partial charge in [-0.1, -0.05) is 0 Å². The summed E-state index contributed by atoms with van der Waals surface area (Å²) in [4.78, 5) is 20.8.